The Bertz CT molecular complexity index is 1210. The van der Waals surface area contributed by atoms with E-state index in [0.29, 0.717) is 23.8 Å². The molecule has 3 aromatic rings. The van der Waals surface area contributed by atoms with Gasteiger partial charge in [-0.05, 0) is 52.6 Å². The van der Waals surface area contributed by atoms with E-state index in [4.69, 9.17) is 4.98 Å². The number of piperidine rings is 1. The average Bonchev–Trinajstić information content (AvgIpc) is 3.45. The smallest absolute Gasteiger partial charge is 0.311 e. The van der Waals surface area contributed by atoms with Crippen LogP contribution in [0.2, 0.25) is 0 Å². The van der Waals surface area contributed by atoms with Crippen LogP contribution < -0.4 is 11.2 Å². The molecule has 5 rings (SSSR count). The Morgan fingerprint density at radius 1 is 0.933 bits per heavy atom. The van der Waals surface area contributed by atoms with Crippen LogP contribution in [0.15, 0.2) is 9.59 Å². The number of aromatic nitrogens is 5. The van der Waals surface area contributed by atoms with Crippen LogP contribution in [0, 0.1) is 13.8 Å². The van der Waals surface area contributed by atoms with E-state index in [1.54, 1.807) is 11.6 Å². The maximum Gasteiger partial charge on any atom is 0.332 e. The monoisotopic (exact) mass is 412 g/mol. The first kappa shape index (κ1) is 19.6. The highest BCUT2D eigenvalue weighted by atomic mass is 16.2. The van der Waals surface area contributed by atoms with Crippen molar-refractivity contribution in [3.05, 3.63) is 32.2 Å². The number of imidazole rings is 2. The summed E-state index contributed by atoms with van der Waals surface area (Å²) in [4.78, 5) is 33.7. The number of likely N-dealkylation sites (tertiary alicyclic amines) is 1. The first-order valence-electron chi connectivity index (χ1n) is 11.4. The first-order valence-corrected chi connectivity index (χ1v) is 11.4. The second kappa shape index (κ2) is 7.41. The highest BCUT2D eigenvalue weighted by Gasteiger charge is 2.27. The van der Waals surface area contributed by atoms with Gasteiger partial charge in [-0.3, -0.25) is 18.3 Å². The summed E-state index contributed by atoms with van der Waals surface area (Å²) >= 11 is 0. The largest absolute Gasteiger partial charge is 0.332 e. The van der Waals surface area contributed by atoms with Crippen molar-refractivity contribution in [3.63, 3.8) is 0 Å². The molecule has 4 heterocycles. The predicted octanol–water partition coefficient (Wildman–Crippen LogP) is 2.37. The highest BCUT2D eigenvalue weighted by Crippen LogP contribution is 2.34. The molecule has 8 heteroatoms. The van der Waals surface area contributed by atoms with E-state index >= 15 is 0 Å². The summed E-state index contributed by atoms with van der Waals surface area (Å²) in [6, 6.07) is 0.427. The van der Waals surface area contributed by atoms with Crippen molar-refractivity contribution in [1.82, 2.24) is 28.0 Å². The van der Waals surface area contributed by atoms with E-state index in [1.807, 2.05) is 4.40 Å². The molecule has 0 spiro atoms. The molecule has 0 radical (unpaired) electrons. The zero-order chi connectivity index (χ0) is 21.0. The third-order valence-corrected chi connectivity index (χ3v) is 7.34. The molecular weight excluding hydrogens is 380 g/mol. The summed E-state index contributed by atoms with van der Waals surface area (Å²) in [5, 5.41) is 0. The molecule has 1 saturated carbocycles. The summed E-state index contributed by atoms with van der Waals surface area (Å²) < 4.78 is 7.24. The molecule has 1 aliphatic heterocycles. The van der Waals surface area contributed by atoms with E-state index in [2.05, 4.69) is 23.3 Å². The van der Waals surface area contributed by atoms with Gasteiger partial charge in [-0.15, -0.1) is 0 Å². The van der Waals surface area contributed by atoms with Gasteiger partial charge in [0.15, 0.2) is 11.2 Å². The molecule has 0 atom stereocenters. The van der Waals surface area contributed by atoms with Crippen LogP contribution >= 0.6 is 0 Å². The molecule has 0 N–H and O–H groups in total. The Morgan fingerprint density at radius 2 is 1.63 bits per heavy atom. The summed E-state index contributed by atoms with van der Waals surface area (Å²) in [6.07, 6.45) is 8.42. The molecule has 0 unspecified atom stereocenters. The zero-order valence-electron chi connectivity index (χ0n) is 18.4. The summed E-state index contributed by atoms with van der Waals surface area (Å²) in [6.45, 7) is 7.44. The Labute approximate surface area is 175 Å². The summed E-state index contributed by atoms with van der Waals surface area (Å²) in [5.74, 6) is 0.799. The van der Waals surface area contributed by atoms with Crippen LogP contribution in [-0.4, -0.2) is 47.6 Å². The lowest BCUT2D eigenvalue weighted by atomic mass is 10.1. The van der Waals surface area contributed by atoms with Crippen LogP contribution in [0.4, 0.5) is 0 Å². The number of aryl methyl sites for hydroxylation is 2. The quantitative estimate of drug-likeness (QED) is 0.660. The van der Waals surface area contributed by atoms with Gasteiger partial charge in [-0.1, -0.05) is 19.3 Å². The maximum absolute atomic E-state index is 13.5. The maximum atomic E-state index is 13.5. The molecule has 3 aromatic heterocycles. The molecule has 0 aromatic carbocycles. The standard InChI is InChI=1S/C22H32N6O2/c1-15-16(2)28-18-19(23-21(28)27(15)17-9-5-6-10-17)24(3)22(30)26(20(18)29)14-13-25-11-7-4-8-12-25/h17H,4-14H2,1-3H3. The minimum atomic E-state index is -0.271. The van der Waals surface area contributed by atoms with Crippen molar-refractivity contribution in [3.8, 4) is 0 Å². The molecule has 30 heavy (non-hydrogen) atoms. The lowest BCUT2D eigenvalue weighted by molar-refractivity contribution is 0.218. The number of nitrogens with zero attached hydrogens (tertiary/aromatic N) is 6. The van der Waals surface area contributed by atoms with Crippen LogP contribution in [0.3, 0.4) is 0 Å². The fourth-order valence-electron chi connectivity index (χ4n) is 5.50. The Kier molecular flexibility index (Phi) is 4.84. The first-order chi connectivity index (χ1) is 14.5. The lowest BCUT2D eigenvalue weighted by Crippen LogP contribution is -2.43. The molecule has 2 aliphatic rings. The molecule has 0 amide bonds. The van der Waals surface area contributed by atoms with Gasteiger partial charge in [0.25, 0.3) is 5.56 Å². The third kappa shape index (κ3) is 2.87. The zero-order valence-corrected chi connectivity index (χ0v) is 18.4. The molecule has 1 saturated heterocycles. The number of rotatable bonds is 4. The molecule has 1 aliphatic carbocycles. The van der Waals surface area contributed by atoms with E-state index < -0.39 is 0 Å². The van der Waals surface area contributed by atoms with Gasteiger partial charge >= 0.3 is 5.69 Å². The van der Waals surface area contributed by atoms with Gasteiger partial charge in [-0.25, -0.2) is 4.79 Å². The van der Waals surface area contributed by atoms with Gasteiger partial charge in [0.1, 0.15) is 0 Å². The number of hydrogen-bond acceptors (Lipinski definition) is 4. The van der Waals surface area contributed by atoms with Gasteiger partial charge < -0.3 is 9.47 Å². The minimum Gasteiger partial charge on any atom is -0.311 e. The fourth-order valence-corrected chi connectivity index (χ4v) is 5.50. The van der Waals surface area contributed by atoms with E-state index in [-0.39, 0.29) is 11.2 Å². The van der Waals surface area contributed by atoms with Gasteiger partial charge in [0, 0.05) is 37.6 Å². The normalized spacial score (nSPS) is 18.9. The van der Waals surface area contributed by atoms with Crippen molar-refractivity contribution < 1.29 is 0 Å². The molecular formula is C22H32N6O2. The Morgan fingerprint density at radius 3 is 2.33 bits per heavy atom. The van der Waals surface area contributed by atoms with Crippen molar-refractivity contribution in [1.29, 1.82) is 0 Å². The van der Waals surface area contributed by atoms with Crippen molar-refractivity contribution in [2.75, 3.05) is 19.6 Å². The summed E-state index contributed by atoms with van der Waals surface area (Å²) in [7, 11) is 1.73. The highest BCUT2D eigenvalue weighted by molar-refractivity contribution is 5.76. The summed E-state index contributed by atoms with van der Waals surface area (Å²) in [5.41, 5.74) is 2.74. The van der Waals surface area contributed by atoms with Crippen molar-refractivity contribution >= 4 is 16.9 Å². The topological polar surface area (TPSA) is 69.5 Å². The third-order valence-electron chi connectivity index (χ3n) is 7.34. The second-order valence-corrected chi connectivity index (χ2v) is 9.10. The van der Waals surface area contributed by atoms with Crippen LogP contribution in [0.1, 0.15) is 62.4 Å². The molecule has 0 bridgehead atoms. The van der Waals surface area contributed by atoms with Crippen molar-refractivity contribution in [2.24, 2.45) is 7.05 Å². The Hall–Kier alpha value is -2.35. The predicted molar refractivity (Wildman–Crippen MR) is 117 cm³/mol. The van der Waals surface area contributed by atoms with Gasteiger partial charge in [-0.2, -0.15) is 4.98 Å². The van der Waals surface area contributed by atoms with Crippen LogP contribution in [-0.2, 0) is 13.6 Å². The van der Waals surface area contributed by atoms with Crippen LogP contribution in [0.25, 0.3) is 16.9 Å². The van der Waals surface area contributed by atoms with E-state index in [1.165, 1.54) is 42.4 Å². The molecule has 2 fully saturated rings. The minimum absolute atomic E-state index is 0.218. The van der Waals surface area contributed by atoms with Crippen LogP contribution in [0.5, 0.6) is 0 Å². The lowest BCUT2D eigenvalue weighted by Gasteiger charge is -2.26. The van der Waals surface area contributed by atoms with Gasteiger partial charge in [0.2, 0.25) is 5.78 Å². The molecule has 8 nitrogen and oxygen atoms in total. The SMILES string of the molecule is Cc1c(C)n2c3c(=O)n(CCN4CCCCC4)c(=O)n(C)c3nc2n1C1CCCC1. The second-order valence-electron chi connectivity index (χ2n) is 9.10. The van der Waals surface area contributed by atoms with E-state index in [0.717, 1.165) is 43.9 Å². The fraction of sp³-hybridized carbons (Fsp3) is 0.682. The Balaban J connectivity index is 1.66. The van der Waals surface area contributed by atoms with Crippen molar-refractivity contribution in [2.45, 2.75) is 71.4 Å². The number of fused-ring (bicyclic) bond motifs is 3. The van der Waals surface area contributed by atoms with E-state index in [9.17, 15) is 9.59 Å². The van der Waals surface area contributed by atoms with Gasteiger partial charge in [0.05, 0.1) is 0 Å². The average molecular weight is 413 g/mol. The molecule has 162 valence electrons. The number of hydrogen-bond donors (Lipinski definition) is 0.